The smallest absolute Gasteiger partial charge is 0.426 e. The van der Waals surface area contributed by atoms with Crippen LogP contribution in [0.3, 0.4) is 0 Å². The summed E-state index contributed by atoms with van der Waals surface area (Å²) >= 11 is 0.457. The number of amides is 1. The Morgan fingerprint density at radius 2 is 1.82 bits per heavy atom. The number of hydrogen-bond acceptors (Lipinski definition) is 5. The average Bonchev–Trinajstić information content (AvgIpc) is 2.95. The maximum atomic E-state index is 13.4. The van der Waals surface area contributed by atoms with Gasteiger partial charge in [0.1, 0.15) is 16.1 Å². The lowest BCUT2D eigenvalue weighted by Gasteiger charge is -2.43. The Bertz CT molecular complexity index is 788. The highest BCUT2D eigenvalue weighted by Gasteiger charge is 2.49. The predicted molar refractivity (Wildman–Crippen MR) is 94.7 cm³/mol. The number of piperidine rings is 1. The molecule has 1 spiro atoms. The molecule has 1 fully saturated rings. The third-order valence-electron chi connectivity index (χ3n) is 4.85. The van der Waals surface area contributed by atoms with Gasteiger partial charge in [-0.2, -0.15) is 13.2 Å². The number of rotatable bonds is 1. The topological polar surface area (TPSA) is 76.1 Å². The van der Waals surface area contributed by atoms with Crippen LogP contribution >= 0.6 is 11.3 Å². The molecule has 3 rings (SSSR count). The molecule has 2 aliphatic rings. The summed E-state index contributed by atoms with van der Waals surface area (Å²) in [4.78, 5) is 24.5. The van der Waals surface area contributed by atoms with Gasteiger partial charge in [0.15, 0.2) is 0 Å². The number of carbonyl (C=O) groups excluding carboxylic acids is 1. The number of halogens is 3. The number of ether oxygens (including phenoxy) is 2. The van der Waals surface area contributed by atoms with Crippen LogP contribution in [0.2, 0.25) is 0 Å². The second-order valence-corrected chi connectivity index (χ2v) is 9.00. The molecule has 0 bridgehead atoms. The Labute approximate surface area is 164 Å². The zero-order valence-corrected chi connectivity index (χ0v) is 16.6. The second kappa shape index (κ2) is 6.91. The van der Waals surface area contributed by atoms with E-state index in [-0.39, 0.29) is 44.5 Å². The SMILES string of the molecule is CC(C)(C)OC(=O)N1CCC2(CC1)OCCc1c2sc(C(F)(F)F)c1C(=O)O. The molecule has 2 aliphatic heterocycles. The fourth-order valence-electron chi connectivity index (χ4n) is 3.66. The van der Waals surface area contributed by atoms with E-state index in [1.165, 1.54) is 4.90 Å². The summed E-state index contributed by atoms with van der Waals surface area (Å²) in [7, 11) is 0. The lowest BCUT2D eigenvalue weighted by molar-refractivity contribution is -0.134. The summed E-state index contributed by atoms with van der Waals surface area (Å²) in [6.07, 6.45) is -4.52. The summed E-state index contributed by atoms with van der Waals surface area (Å²) < 4.78 is 51.5. The van der Waals surface area contributed by atoms with Crippen molar-refractivity contribution in [1.82, 2.24) is 4.90 Å². The van der Waals surface area contributed by atoms with Crippen LogP contribution in [0.5, 0.6) is 0 Å². The summed E-state index contributed by atoms with van der Waals surface area (Å²) in [5.74, 6) is -1.58. The monoisotopic (exact) mass is 421 g/mol. The van der Waals surface area contributed by atoms with Gasteiger partial charge in [0.2, 0.25) is 0 Å². The highest BCUT2D eigenvalue weighted by Crippen LogP contribution is 2.50. The third kappa shape index (κ3) is 3.84. The van der Waals surface area contributed by atoms with Crippen molar-refractivity contribution in [2.75, 3.05) is 19.7 Å². The minimum atomic E-state index is -4.74. The predicted octanol–water partition coefficient (Wildman–Crippen LogP) is 4.26. The van der Waals surface area contributed by atoms with E-state index >= 15 is 0 Å². The largest absolute Gasteiger partial charge is 0.478 e. The van der Waals surface area contributed by atoms with Crippen molar-refractivity contribution in [1.29, 1.82) is 0 Å². The summed E-state index contributed by atoms with van der Waals surface area (Å²) in [6.45, 7) is 5.93. The number of fused-ring (bicyclic) bond motifs is 2. The first-order chi connectivity index (χ1) is 12.8. The van der Waals surface area contributed by atoms with Crippen LogP contribution in [-0.4, -0.2) is 47.4 Å². The zero-order valence-electron chi connectivity index (χ0n) is 15.8. The third-order valence-corrected chi connectivity index (χ3v) is 6.31. The van der Waals surface area contributed by atoms with Crippen molar-refractivity contribution >= 4 is 23.4 Å². The van der Waals surface area contributed by atoms with Gasteiger partial charge < -0.3 is 19.5 Å². The van der Waals surface area contributed by atoms with Crippen molar-refractivity contribution in [2.45, 2.75) is 57.4 Å². The van der Waals surface area contributed by atoms with E-state index in [0.717, 1.165) is 0 Å². The molecule has 3 heterocycles. The Hall–Kier alpha value is -1.81. The number of aromatic carboxylic acids is 1. The normalized spacial score (nSPS) is 19.4. The van der Waals surface area contributed by atoms with Crippen LogP contribution in [0.4, 0.5) is 18.0 Å². The van der Waals surface area contributed by atoms with E-state index in [9.17, 15) is 27.9 Å². The molecule has 0 aliphatic carbocycles. The molecule has 0 radical (unpaired) electrons. The quantitative estimate of drug-likeness (QED) is 0.733. The standard InChI is InChI=1S/C18H22F3NO5S/c1-16(2,3)27-15(25)22-7-5-17(6-8-22)12-10(4-9-26-17)11(14(23)24)13(28-12)18(19,20)21/h4-9H2,1-3H3,(H,23,24). The van der Waals surface area contributed by atoms with Crippen LogP contribution in [0.25, 0.3) is 0 Å². The Morgan fingerprint density at radius 3 is 2.32 bits per heavy atom. The molecule has 0 unspecified atom stereocenters. The first-order valence-electron chi connectivity index (χ1n) is 8.92. The molecule has 6 nitrogen and oxygen atoms in total. The van der Waals surface area contributed by atoms with Crippen LogP contribution in [0, 0.1) is 0 Å². The van der Waals surface area contributed by atoms with Gasteiger partial charge >= 0.3 is 18.2 Å². The average molecular weight is 421 g/mol. The Kier molecular flexibility index (Phi) is 5.16. The maximum absolute atomic E-state index is 13.4. The van der Waals surface area contributed by atoms with Crippen molar-refractivity contribution in [3.05, 3.63) is 20.9 Å². The van der Waals surface area contributed by atoms with Crippen LogP contribution in [0.1, 0.15) is 59.3 Å². The number of carboxylic acids is 1. The lowest BCUT2D eigenvalue weighted by atomic mass is 9.84. The summed E-state index contributed by atoms with van der Waals surface area (Å²) in [5, 5.41) is 9.38. The van der Waals surface area contributed by atoms with E-state index in [1.54, 1.807) is 20.8 Å². The highest BCUT2D eigenvalue weighted by atomic mass is 32.1. The lowest BCUT2D eigenvalue weighted by Crippen LogP contribution is -2.49. The van der Waals surface area contributed by atoms with E-state index in [1.807, 2.05) is 0 Å². The van der Waals surface area contributed by atoms with E-state index < -0.39 is 39.9 Å². The molecule has 0 aromatic carbocycles. The first kappa shape index (κ1) is 20.9. The number of carboxylic acid groups (broad SMARTS) is 1. The Balaban J connectivity index is 1.89. The van der Waals surface area contributed by atoms with Gasteiger partial charge in [-0.3, -0.25) is 0 Å². The van der Waals surface area contributed by atoms with Gasteiger partial charge in [0.25, 0.3) is 0 Å². The van der Waals surface area contributed by atoms with E-state index in [2.05, 4.69) is 0 Å². The van der Waals surface area contributed by atoms with Gasteiger partial charge in [-0.05, 0) is 45.6 Å². The molecular weight excluding hydrogens is 399 g/mol. The minimum absolute atomic E-state index is 0.126. The molecule has 0 atom stereocenters. The molecule has 0 saturated carbocycles. The maximum Gasteiger partial charge on any atom is 0.426 e. The molecular formula is C18H22F3NO5S. The number of hydrogen-bond donors (Lipinski definition) is 1. The molecule has 1 aromatic heterocycles. The summed E-state index contributed by atoms with van der Waals surface area (Å²) in [6, 6.07) is 0. The minimum Gasteiger partial charge on any atom is -0.478 e. The highest BCUT2D eigenvalue weighted by molar-refractivity contribution is 7.12. The van der Waals surface area contributed by atoms with Gasteiger partial charge in [-0.15, -0.1) is 11.3 Å². The number of thiophene rings is 1. The number of likely N-dealkylation sites (tertiary alicyclic amines) is 1. The van der Waals surface area contributed by atoms with Crippen molar-refractivity contribution < 1.29 is 37.3 Å². The number of nitrogens with zero attached hydrogens (tertiary/aromatic N) is 1. The molecule has 1 aromatic rings. The molecule has 156 valence electrons. The van der Waals surface area contributed by atoms with E-state index in [4.69, 9.17) is 9.47 Å². The molecule has 10 heteroatoms. The zero-order chi connectivity index (χ0) is 20.9. The molecule has 28 heavy (non-hydrogen) atoms. The summed E-state index contributed by atoms with van der Waals surface area (Å²) in [5.41, 5.74) is -2.09. The van der Waals surface area contributed by atoms with Crippen LogP contribution < -0.4 is 0 Å². The molecule has 1 amide bonds. The van der Waals surface area contributed by atoms with Gasteiger partial charge in [-0.25, -0.2) is 9.59 Å². The van der Waals surface area contributed by atoms with Gasteiger partial charge in [-0.1, -0.05) is 0 Å². The van der Waals surface area contributed by atoms with Crippen molar-refractivity contribution in [3.63, 3.8) is 0 Å². The fraction of sp³-hybridized carbons (Fsp3) is 0.667. The van der Waals surface area contributed by atoms with Crippen molar-refractivity contribution in [2.24, 2.45) is 0 Å². The van der Waals surface area contributed by atoms with Crippen molar-refractivity contribution in [3.8, 4) is 0 Å². The second-order valence-electron chi connectivity index (χ2n) is 7.98. The molecule has 1 saturated heterocycles. The molecule has 1 N–H and O–H groups in total. The fourth-order valence-corrected chi connectivity index (χ4v) is 5.07. The van der Waals surface area contributed by atoms with Gasteiger partial charge in [0, 0.05) is 18.0 Å². The number of carbonyl (C=O) groups is 2. The van der Waals surface area contributed by atoms with Gasteiger partial charge in [0.05, 0.1) is 12.2 Å². The first-order valence-corrected chi connectivity index (χ1v) is 9.74. The number of alkyl halides is 3. The van der Waals surface area contributed by atoms with Crippen LogP contribution in [-0.2, 0) is 27.7 Å². The van der Waals surface area contributed by atoms with Crippen LogP contribution in [0.15, 0.2) is 0 Å². The van der Waals surface area contributed by atoms with E-state index in [0.29, 0.717) is 16.2 Å². The Morgan fingerprint density at radius 1 is 1.21 bits per heavy atom.